The lowest BCUT2D eigenvalue weighted by Crippen LogP contribution is -2.50. The van der Waals surface area contributed by atoms with Crippen LogP contribution in [0.1, 0.15) is 66.2 Å². The first-order valence-corrected chi connectivity index (χ1v) is 9.64. The molecule has 0 saturated carbocycles. The highest BCUT2D eigenvalue weighted by Crippen LogP contribution is 2.45. The van der Waals surface area contributed by atoms with Gasteiger partial charge in [0.2, 0.25) is 0 Å². The maximum absolute atomic E-state index is 11.0. The highest BCUT2D eigenvalue weighted by molar-refractivity contribution is 5.49. The van der Waals surface area contributed by atoms with Gasteiger partial charge in [0.05, 0.1) is 6.61 Å². The van der Waals surface area contributed by atoms with Crippen molar-refractivity contribution >= 4 is 6.29 Å². The second kappa shape index (κ2) is 9.42. The first-order valence-electron chi connectivity index (χ1n) is 9.64. The van der Waals surface area contributed by atoms with Gasteiger partial charge in [0.15, 0.2) is 12.1 Å². The summed E-state index contributed by atoms with van der Waals surface area (Å²) in [6.07, 6.45) is 4.87. The van der Waals surface area contributed by atoms with Gasteiger partial charge in [-0.1, -0.05) is 26.7 Å². The third-order valence-electron chi connectivity index (χ3n) is 4.73. The molecule has 2 aliphatic rings. The predicted molar refractivity (Wildman–Crippen MR) is 93.3 cm³/mol. The van der Waals surface area contributed by atoms with Gasteiger partial charge in [0.1, 0.15) is 24.1 Å². The minimum absolute atomic E-state index is 0.298. The van der Waals surface area contributed by atoms with Crippen molar-refractivity contribution in [3.63, 3.8) is 0 Å². The van der Waals surface area contributed by atoms with Crippen LogP contribution in [-0.4, -0.2) is 56.0 Å². The standard InChI is InChI=1S/C19H34O6/c1-5-7-12-21-14-19(10-9-11-20)16(22-13-8-6-2)15-17(25-19)24-18(3,4)23-15/h11,15-17H,5-10,12-14H2,1-4H3/t15-,16?,17-,19+/m0/s1. The number of hydrogen-bond acceptors (Lipinski definition) is 6. The number of carbonyl (C=O) groups is 1. The minimum Gasteiger partial charge on any atom is -0.378 e. The molecule has 6 nitrogen and oxygen atoms in total. The lowest BCUT2D eigenvalue weighted by atomic mass is 9.90. The van der Waals surface area contributed by atoms with Crippen molar-refractivity contribution in [1.29, 1.82) is 0 Å². The van der Waals surface area contributed by atoms with Crippen LogP contribution >= 0.6 is 0 Å². The molecule has 0 aliphatic carbocycles. The molecule has 2 heterocycles. The summed E-state index contributed by atoms with van der Waals surface area (Å²) in [7, 11) is 0. The summed E-state index contributed by atoms with van der Waals surface area (Å²) in [6.45, 7) is 9.71. The Labute approximate surface area is 151 Å². The third-order valence-corrected chi connectivity index (χ3v) is 4.73. The van der Waals surface area contributed by atoms with Gasteiger partial charge < -0.3 is 28.5 Å². The number of rotatable bonds is 12. The second-order valence-electron chi connectivity index (χ2n) is 7.41. The largest absolute Gasteiger partial charge is 0.378 e. The summed E-state index contributed by atoms with van der Waals surface area (Å²) in [5.74, 6) is -0.693. The number of hydrogen-bond donors (Lipinski definition) is 0. The van der Waals surface area contributed by atoms with Crippen LogP contribution in [-0.2, 0) is 28.5 Å². The van der Waals surface area contributed by atoms with Crippen LogP contribution in [0.4, 0.5) is 0 Å². The minimum atomic E-state index is -0.700. The Morgan fingerprint density at radius 3 is 2.44 bits per heavy atom. The Balaban J connectivity index is 2.13. The molecule has 4 atom stereocenters. The molecule has 0 bridgehead atoms. The van der Waals surface area contributed by atoms with Crippen molar-refractivity contribution in [2.24, 2.45) is 0 Å². The van der Waals surface area contributed by atoms with Gasteiger partial charge in [-0.25, -0.2) is 0 Å². The van der Waals surface area contributed by atoms with E-state index in [9.17, 15) is 4.79 Å². The molecule has 2 rings (SSSR count). The van der Waals surface area contributed by atoms with Crippen LogP contribution in [0, 0.1) is 0 Å². The molecule has 2 aliphatic heterocycles. The quantitative estimate of drug-likeness (QED) is 0.394. The van der Waals surface area contributed by atoms with E-state index in [1.165, 1.54) is 0 Å². The average Bonchev–Trinajstić information content (AvgIpc) is 3.00. The molecule has 2 fully saturated rings. The summed E-state index contributed by atoms with van der Waals surface area (Å²) >= 11 is 0. The molecule has 1 unspecified atom stereocenters. The maximum Gasteiger partial charge on any atom is 0.190 e. The monoisotopic (exact) mass is 358 g/mol. The maximum atomic E-state index is 11.0. The van der Waals surface area contributed by atoms with E-state index in [0.717, 1.165) is 32.0 Å². The van der Waals surface area contributed by atoms with Crippen molar-refractivity contribution in [3.05, 3.63) is 0 Å². The molecular weight excluding hydrogens is 324 g/mol. The fraction of sp³-hybridized carbons (Fsp3) is 0.947. The van der Waals surface area contributed by atoms with Gasteiger partial charge in [0.25, 0.3) is 0 Å². The van der Waals surface area contributed by atoms with Crippen molar-refractivity contribution in [2.45, 2.75) is 96.1 Å². The predicted octanol–water partition coefficient (Wildman–Crippen LogP) is 3.21. The zero-order chi connectivity index (χ0) is 18.3. The van der Waals surface area contributed by atoms with E-state index in [1.54, 1.807) is 0 Å². The smallest absolute Gasteiger partial charge is 0.190 e. The molecule has 146 valence electrons. The average molecular weight is 358 g/mol. The Morgan fingerprint density at radius 2 is 1.76 bits per heavy atom. The highest BCUT2D eigenvalue weighted by Gasteiger charge is 2.62. The van der Waals surface area contributed by atoms with E-state index in [-0.39, 0.29) is 12.2 Å². The summed E-state index contributed by atoms with van der Waals surface area (Å²) in [5.41, 5.74) is -0.700. The summed E-state index contributed by atoms with van der Waals surface area (Å²) in [6, 6.07) is 0. The molecule has 0 spiro atoms. The molecule has 0 N–H and O–H groups in total. The zero-order valence-corrected chi connectivity index (χ0v) is 16.1. The van der Waals surface area contributed by atoms with Crippen LogP contribution in [0.5, 0.6) is 0 Å². The summed E-state index contributed by atoms with van der Waals surface area (Å²) < 4.78 is 30.3. The lowest BCUT2D eigenvalue weighted by molar-refractivity contribution is -0.254. The zero-order valence-electron chi connectivity index (χ0n) is 16.1. The fourth-order valence-corrected chi connectivity index (χ4v) is 3.44. The van der Waals surface area contributed by atoms with Crippen molar-refractivity contribution in [2.75, 3.05) is 19.8 Å². The van der Waals surface area contributed by atoms with Crippen LogP contribution < -0.4 is 0 Å². The number of carbonyl (C=O) groups excluding carboxylic acids is 1. The molecule has 6 heteroatoms. The molecule has 25 heavy (non-hydrogen) atoms. The van der Waals surface area contributed by atoms with E-state index < -0.39 is 17.7 Å². The number of ether oxygens (including phenoxy) is 5. The Hall–Kier alpha value is -0.530. The number of fused-ring (bicyclic) bond motifs is 1. The van der Waals surface area contributed by atoms with Gasteiger partial charge >= 0.3 is 0 Å². The normalized spacial score (nSPS) is 33.5. The van der Waals surface area contributed by atoms with Crippen molar-refractivity contribution in [1.82, 2.24) is 0 Å². The molecule has 0 radical (unpaired) electrons. The summed E-state index contributed by atoms with van der Waals surface area (Å²) in [4.78, 5) is 11.0. The lowest BCUT2D eigenvalue weighted by Gasteiger charge is -2.36. The first-order chi connectivity index (χ1) is 12.0. The SMILES string of the molecule is CCCCOC[C@@]1(CCC=O)O[C@@H]2OC(C)(C)O[C@H]2C1OCCCC. The first kappa shape index (κ1) is 20.8. The third kappa shape index (κ3) is 5.23. The van der Waals surface area contributed by atoms with Gasteiger partial charge in [0, 0.05) is 19.6 Å². The highest BCUT2D eigenvalue weighted by atomic mass is 16.8. The molecule has 0 aromatic carbocycles. The van der Waals surface area contributed by atoms with E-state index in [0.29, 0.717) is 32.7 Å². The Morgan fingerprint density at radius 1 is 1.04 bits per heavy atom. The molecule has 0 aromatic rings. The van der Waals surface area contributed by atoms with Crippen LogP contribution in [0.2, 0.25) is 0 Å². The number of unbranched alkanes of at least 4 members (excludes halogenated alkanes) is 2. The van der Waals surface area contributed by atoms with Crippen LogP contribution in [0.3, 0.4) is 0 Å². The van der Waals surface area contributed by atoms with Gasteiger partial charge in [-0.3, -0.25) is 0 Å². The molecule has 0 amide bonds. The van der Waals surface area contributed by atoms with E-state index >= 15 is 0 Å². The molecule has 0 aromatic heterocycles. The van der Waals surface area contributed by atoms with Crippen LogP contribution in [0.15, 0.2) is 0 Å². The van der Waals surface area contributed by atoms with Crippen molar-refractivity contribution in [3.8, 4) is 0 Å². The van der Waals surface area contributed by atoms with Crippen molar-refractivity contribution < 1.29 is 28.5 Å². The van der Waals surface area contributed by atoms with E-state index in [4.69, 9.17) is 23.7 Å². The van der Waals surface area contributed by atoms with Gasteiger partial charge in [-0.15, -0.1) is 0 Å². The Kier molecular flexibility index (Phi) is 7.83. The van der Waals surface area contributed by atoms with Crippen LogP contribution in [0.25, 0.3) is 0 Å². The Bertz CT molecular complexity index is 413. The van der Waals surface area contributed by atoms with Gasteiger partial charge in [-0.2, -0.15) is 0 Å². The second-order valence-corrected chi connectivity index (χ2v) is 7.41. The number of aldehydes is 1. The summed E-state index contributed by atoms with van der Waals surface area (Å²) in [5, 5.41) is 0. The van der Waals surface area contributed by atoms with E-state index in [2.05, 4.69) is 13.8 Å². The van der Waals surface area contributed by atoms with Gasteiger partial charge in [-0.05, 0) is 33.1 Å². The topological polar surface area (TPSA) is 63.2 Å². The molecule has 2 saturated heterocycles. The van der Waals surface area contributed by atoms with E-state index in [1.807, 2.05) is 13.8 Å². The fourth-order valence-electron chi connectivity index (χ4n) is 3.44. The molecular formula is C19H34O6.